The van der Waals surface area contributed by atoms with Crippen molar-refractivity contribution in [2.75, 3.05) is 31.4 Å². The lowest BCUT2D eigenvalue weighted by Gasteiger charge is -2.12. The molecule has 1 amide bonds. The van der Waals surface area contributed by atoms with Crippen LogP contribution in [0.4, 0.5) is 11.6 Å². The number of hydrazine groups is 1. The average molecular weight is 286 g/mol. The zero-order valence-corrected chi connectivity index (χ0v) is 12.0. The standard InChI is InChI=1S/C14H18N6O/c1-20(2)13(21)9-16-11-8-12(19-15)18-14(17-11)10-6-4-3-5-7-10/h3-8H,9,15H2,1-2H3,(H2,16,17,18,19). The van der Waals surface area contributed by atoms with Crippen molar-refractivity contribution in [2.24, 2.45) is 5.84 Å². The Morgan fingerprint density at radius 1 is 1.19 bits per heavy atom. The summed E-state index contributed by atoms with van der Waals surface area (Å²) in [5.74, 6) is 6.93. The molecule has 1 aromatic carbocycles. The molecule has 0 fully saturated rings. The Morgan fingerprint density at radius 2 is 1.86 bits per heavy atom. The molecule has 110 valence electrons. The quantitative estimate of drug-likeness (QED) is 0.559. The van der Waals surface area contributed by atoms with E-state index in [4.69, 9.17) is 5.84 Å². The molecule has 1 aromatic heterocycles. The summed E-state index contributed by atoms with van der Waals surface area (Å²) in [4.78, 5) is 21.8. The van der Waals surface area contributed by atoms with Crippen LogP contribution in [-0.4, -0.2) is 41.4 Å². The lowest BCUT2D eigenvalue weighted by molar-refractivity contribution is -0.126. The molecule has 0 aliphatic carbocycles. The average Bonchev–Trinajstić information content (AvgIpc) is 2.52. The normalized spacial score (nSPS) is 10.0. The van der Waals surface area contributed by atoms with Crippen LogP contribution in [0.3, 0.4) is 0 Å². The minimum absolute atomic E-state index is 0.0443. The van der Waals surface area contributed by atoms with Crippen molar-refractivity contribution < 1.29 is 4.79 Å². The number of carbonyl (C=O) groups excluding carboxylic acids is 1. The Balaban J connectivity index is 2.24. The molecular formula is C14H18N6O. The highest BCUT2D eigenvalue weighted by Crippen LogP contribution is 2.19. The molecule has 0 atom stereocenters. The molecule has 2 aromatic rings. The number of hydrogen-bond donors (Lipinski definition) is 3. The van der Waals surface area contributed by atoms with Gasteiger partial charge in [0.1, 0.15) is 11.6 Å². The number of nitrogen functional groups attached to an aromatic ring is 1. The first-order valence-electron chi connectivity index (χ1n) is 6.45. The van der Waals surface area contributed by atoms with Crippen LogP contribution < -0.4 is 16.6 Å². The number of rotatable bonds is 5. The van der Waals surface area contributed by atoms with Crippen LogP contribution in [-0.2, 0) is 4.79 Å². The van der Waals surface area contributed by atoms with Crippen LogP contribution in [0.15, 0.2) is 36.4 Å². The van der Waals surface area contributed by atoms with Gasteiger partial charge in [-0.15, -0.1) is 0 Å². The Kier molecular flexibility index (Phi) is 4.68. The largest absolute Gasteiger partial charge is 0.361 e. The van der Waals surface area contributed by atoms with Gasteiger partial charge in [0.15, 0.2) is 5.82 Å². The number of likely N-dealkylation sites (N-methyl/N-ethyl adjacent to an activating group) is 1. The van der Waals surface area contributed by atoms with E-state index in [1.807, 2.05) is 30.3 Å². The van der Waals surface area contributed by atoms with E-state index < -0.39 is 0 Å². The number of anilines is 2. The third-order valence-electron chi connectivity index (χ3n) is 2.83. The van der Waals surface area contributed by atoms with Crippen molar-refractivity contribution in [3.05, 3.63) is 36.4 Å². The summed E-state index contributed by atoms with van der Waals surface area (Å²) < 4.78 is 0. The summed E-state index contributed by atoms with van der Waals surface area (Å²) in [7, 11) is 3.40. The fraction of sp³-hybridized carbons (Fsp3) is 0.214. The Morgan fingerprint density at radius 3 is 2.48 bits per heavy atom. The Bertz CT molecular complexity index is 614. The fourth-order valence-corrected chi connectivity index (χ4v) is 1.65. The summed E-state index contributed by atoms with van der Waals surface area (Å²) in [5, 5.41) is 2.97. The molecule has 1 heterocycles. The van der Waals surface area contributed by atoms with Gasteiger partial charge in [-0.2, -0.15) is 0 Å². The molecule has 0 aliphatic heterocycles. The minimum atomic E-state index is -0.0443. The highest BCUT2D eigenvalue weighted by atomic mass is 16.2. The molecule has 21 heavy (non-hydrogen) atoms. The first kappa shape index (κ1) is 14.7. The third-order valence-corrected chi connectivity index (χ3v) is 2.83. The summed E-state index contributed by atoms with van der Waals surface area (Å²) in [6, 6.07) is 11.2. The van der Waals surface area contributed by atoms with Gasteiger partial charge in [-0.05, 0) is 0 Å². The predicted octanol–water partition coefficient (Wildman–Crippen LogP) is 0.929. The maximum absolute atomic E-state index is 11.6. The maximum atomic E-state index is 11.6. The summed E-state index contributed by atoms with van der Waals surface area (Å²) in [6.07, 6.45) is 0. The van der Waals surface area contributed by atoms with Gasteiger partial charge in [0.25, 0.3) is 0 Å². The molecule has 4 N–H and O–H groups in total. The van der Waals surface area contributed by atoms with Gasteiger partial charge in [-0.25, -0.2) is 15.8 Å². The summed E-state index contributed by atoms with van der Waals surface area (Å²) in [6.45, 7) is 0.155. The predicted molar refractivity (Wildman–Crippen MR) is 82.5 cm³/mol. The van der Waals surface area contributed by atoms with Gasteiger partial charge in [0.05, 0.1) is 6.54 Å². The SMILES string of the molecule is CN(C)C(=O)CNc1cc(NN)nc(-c2ccccc2)n1. The second-order valence-electron chi connectivity index (χ2n) is 4.61. The third kappa shape index (κ3) is 3.90. The smallest absolute Gasteiger partial charge is 0.241 e. The zero-order valence-electron chi connectivity index (χ0n) is 12.0. The van der Waals surface area contributed by atoms with Crippen LogP contribution in [0.1, 0.15) is 0 Å². The topological polar surface area (TPSA) is 96.2 Å². The molecular weight excluding hydrogens is 268 g/mol. The molecule has 7 heteroatoms. The van der Waals surface area contributed by atoms with Gasteiger partial charge in [-0.3, -0.25) is 4.79 Å². The molecule has 0 radical (unpaired) electrons. The molecule has 0 saturated heterocycles. The van der Waals surface area contributed by atoms with E-state index in [-0.39, 0.29) is 12.5 Å². The van der Waals surface area contributed by atoms with Crippen molar-refractivity contribution in [1.82, 2.24) is 14.9 Å². The van der Waals surface area contributed by atoms with Gasteiger partial charge < -0.3 is 15.6 Å². The molecule has 0 unspecified atom stereocenters. The molecule has 7 nitrogen and oxygen atoms in total. The number of nitrogens with zero attached hydrogens (tertiary/aromatic N) is 3. The lowest BCUT2D eigenvalue weighted by Crippen LogP contribution is -2.28. The second-order valence-corrected chi connectivity index (χ2v) is 4.61. The van der Waals surface area contributed by atoms with Gasteiger partial charge >= 0.3 is 0 Å². The van der Waals surface area contributed by atoms with Crippen LogP contribution in [0.5, 0.6) is 0 Å². The maximum Gasteiger partial charge on any atom is 0.241 e. The Labute approximate surface area is 123 Å². The first-order valence-corrected chi connectivity index (χ1v) is 6.45. The lowest BCUT2D eigenvalue weighted by atomic mass is 10.2. The molecule has 0 bridgehead atoms. The summed E-state index contributed by atoms with van der Waals surface area (Å²) in [5.41, 5.74) is 3.37. The highest BCUT2D eigenvalue weighted by Gasteiger charge is 2.08. The molecule has 0 aliphatic rings. The van der Waals surface area contributed by atoms with Crippen LogP contribution in [0, 0.1) is 0 Å². The second kappa shape index (κ2) is 6.67. The van der Waals surface area contributed by atoms with Crippen LogP contribution in [0.2, 0.25) is 0 Å². The molecule has 0 spiro atoms. The van der Waals surface area contributed by atoms with Crippen molar-refractivity contribution in [2.45, 2.75) is 0 Å². The first-order chi connectivity index (χ1) is 10.1. The van der Waals surface area contributed by atoms with Crippen molar-refractivity contribution >= 4 is 17.5 Å². The van der Waals surface area contributed by atoms with Gasteiger partial charge in [-0.1, -0.05) is 30.3 Å². The van der Waals surface area contributed by atoms with Crippen LogP contribution in [0.25, 0.3) is 11.4 Å². The van der Waals surface area contributed by atoms with E-state index >= 15 is 0 Å². The van der Waals surface area contributed by atoms with E-state index in [0.29, 0.717) is 17.5 Å². The van der Waals surface area contributed by atoms with E-state index in [0.717, 1.165) is 5.56 Å². The van der Waals surface area contributed by atoms with E-state index in [1.165, 1.54) is 4.90 Å². The molecule has 0 saturated carbocycles. The van der Waals surface area contributed by atoms with E-state index in [9.17, 15) is 4.79 Å². The number of carbonyl (C=O) groups is 1. The van der Waals surface area contributed by atoms with Crippen molar-refractivity contribution in [3.63, 3.8) is 0 Å². The van der Waals surface area contributed by atoms with E-state index in [2.05, 4.69) is 20.7 Å². The fourth-order valence-electron chi connectivity index (χ4n) is 1.65. The number of nitrogens with one attached hydrogen (secondary N) is 2. The van der Waals surface area contributed by atoms with Crippen LogP contribution >= 0.6 is 0 Å². The van der Waals surface area contributed by atoms with Gasteiger partial charge in [0, 0.05) is 25.7 Å². The minimum Gasteiger partial charge on any atom is -0.361 e. The number of aromatic nitrogens is 2. The number of hydrogen-bond acceptors (Lipinski definition) is 6. The van der Waals surface area contributed by atoms with Crippen molar-refractivity contribution in [1.29, 1.82) is 0 Å². The Hall–Kier alpha value is -2.67. The number of benzene rings is 1. The van der Waals surface area contributed by atoms with Gasteiger partial charge in [0.2, 0.25) is 5.91 Å². The number of nitrogens with two attached hydrogens (primary N) is 1. The monoisotopic (exact) mass is 286 g/mol. The molecule has 2 rings (SSSR count). The van der Waals surface area contributed by atoms with Crippen molar-refractivity contribution in [3.8, 4) is 11.4 Å². The number of amides is 1. The van der Waals surface area contributed by atoms with E-state index in [1.54, 1.807) is 20.2 Å². The zero-order chi connectivity index (χ0) is 15.2. The highest BCUT2D eigenvalue weighted by molar-refractivity contribution is 5.80. The summed E-state index contributed by atoms with van der Waals surface area (Å²) >= 11 is 0.